The van der Waals surface area contributed by atoms with Crippen LogP contribution in [0, 0.1) is 0 Å². The van der Waals surface area contributed by atoms with Crippen LogP contribution in [-0.4, -0.2) is 45.3 Å². The number of rotatable bonds is 3. The summed E-state index contributed by atoms with van der Waals surface area (Å²) in [5, 5.41) is 35.7. The molecule has 0 spiro atoms. The van der Waals surface area contributed by atoms with E-state index in [-0.39, 0.29) is 114 Å². The van der Waals surface area contributed by atoms with E-state index in [1.165, 1.54) is 0 Å². The summed E-state index contributed by atoms with van der Waals surface area (Å²) in [6, 6.07) is 0. The van der Waals surface area contributed by atoms with E-state index in [1.54, 1.807) is 0 Å². The van der Waals surface area contributed by atoms with Gasteiger partial charge in [-0.25, -0.2) is 0 Å². The van der Waals surface area contributed by atoms with Gasteiger partial charge in [-0.05, 0) is 0 Å². The second-order valence-electron chi connectivity index (χ2n) is 1.53. The molecular weight excluding hydrogens is 254 g/mol. The molecule has 0 heterocycles. The van der Waals surface area contributed by atoms with Crippen LogP contribution in [0.2, 0.25) is 0 Å². The smallest absolute Gasteiger partial charge is 0.547 e. The normalized spacial score (nSPS) is 11.3. The van der Waals surface area contributed by atoms with E-state index in [1.807, 2.05) is 0 Å². The van der Waals surface area contributed by atoms with Crippen LogP contribution in [0.4, 0.5) is 0 Å². The number of carboxylic acid groups (broad SMARTS) is 2. The van der Waals surface area contributed by atoms with Crippen molar-refractivity contribution >= 4 is 11.9 Å². The molecule has 0 rings (SSSR count). The van der Waals surface area contributed by atoms with Crippen LogP contribution in [0.25, 0.3) is 0 Å². The Hall–Kier alpha value is 2.05. The van der Waals surface area contributed by atoms with E-state index in [9.17, 15) is 19.8 Å². The Morgan fingerprint density at radius 3 is 1.07 bits per heavy atom. The monoisotopic (exact) mass is 262 g/mol. The van der Waals surface area contributed by atoms with Crippen molar-refractivity contribution in [3.05, 3.63) is 0 Å². The molecule has 0 aromatic carbocycles. The Morgan fingerprint density at radius 1 is 0.857 bits per heavy atom. The molecule has 0 bridgehead atoms. The Balaban J connectivity index is -0.0000000675. The molecule has 0 aliphatic heterocycles. The fourth-order valence-electron chi connectivity index (χ4n) is 0.258. The summed E-state index contributed by atoms with van der Waals surface area (Å²) >= 11 is 0. The topological polar surface area (TPSA) is 184 Å². The third-order valence-electron chi connectivity index (χ3n) is 0.782. The van der Waals surface area contributed by atoms with Crippen LogP contribution >= 0.6 is 0 Å². The summed E-state index contributed by atoms with van der Waals surface area (Å²) in [6.07, 6.45) is -4.88. The first-order chi connectivity index (χ1) is 4.46. The van der Waals surface area contributed by atoms with Crippen LogP contribution in [-0.2, 0) is 9.59 Å². The first-order valence-corrected chi connectivity index (χ1v) is 2.24. The number of aliphatic carboxylic acids is 2. The van der Waals surface area contributed by atoms with Gasteiger partial charge in [0.25, 0.3) is 0 Å². The first kappa shape index (κ1) is 29.8. The number of aliphatic hydroxyl groups is 2. The summed E-state index contributed by atoms with van der Waals surface area (Å²) in [5.41, 5.74) is 0. The number of aliphatic hydroxyl groups excluding tert-OH is 2. The van der Waals surface area contributed by atoms with E-state index in [4.69, 9.17) is 10.2 Å². The molecule has 14 heavy (non-hydrogen) atoms. The maximum Gasteiger partial charge on any atom is 1.00 e. The molecule has 0 saturated heterocycles. The zero-order chi connectivity index (χ0) is 8.31. The van der Waals surface area contributed by atoms with Gasteiger partial charge >= 0.3 is 103 Å². The van der Waals surface area contributed by atoms with Crippen molar-refractivity contribution in [2.75, 3.05) is 0 Å². The van der Waals surface area contributed by atoms with Crippen molar-refractivity contribution < 1.29 is 144 Å². The van der Waals surface area contributed by atoms with Crippen molar-refractivity contribution in [1.82, 2.24) is 0 Å². The largest absolute Gasteiger partial charge is 1.00 e. The quantitative estimate of drug-likeness (QED) is 0.475. The predicted molar refractivity (Wildman–Crippen MR) is 29.3 cm³/mol. The molecule has 0 aromatic heterocycles. The summed E-state index contributed by atoms with van der Waals surface area (Å²) < 4.78 is 0. The van der Waals surface area contributed by atoms with Crippen molar-refractivity contribution in [2.24, 2.45) is 0 Å². The zero-order valence-electron chi connectivity index (χ0n) is 7.68. The molecule has 0 aromatic rings. The zero-order valence-corrected chi connectivity index (χ0v) is 13.9. The molecule has 0 aliphatic rings. The average Bonchev–Trinajstić information content (AvgIpc) is 1.84. The molecule has 0 radical (unpaired) electrons. The Labute approximate surface area is 164 Å². The SMILES string of the molecule is O.O.O=C([O-])C(O)C(O)C(=O)[O-].[K+].[K+]. The van der Waals surface area contributed by atoms with Gasteiger partial charge < -0.3 is 41.0 Å². The molecule has 6 N–H and O–H groups in total. The maximum absolute atomic E-state index is 9.63. The fraction of sp³-hybridized carbons (Fsp3) is 0.500. The summed E-state index contributed by atoms with van der Waals surface area (Å²) in [5.74, 6) is -4.12. The standard InChI is InChI=1S/C4H6O6.2K.2H2O/c5-1(3(7)8)2(6)4(9)10;;;;/h1-2,5-6H,(H,7,8)(H,9,10);;;2*1H2/q;2*+1;;/p-2. The molecule has 0 saturated carbocycles. The van der Waals surface area contributed by atoms with Gasteiger partial charge in [-0.15, -0.1) is 0 Å². The van der Waals surface area contributed by atoms with E-state index >= 15 is 0 Å². The van der Waals surface area contributed by atoms with Gasteiger partial charge in [0.1, 0.15) is 12.2 Å². The summed E-state index contributed by atoms with van der Waals surface area (Å²) in [7, 11) is 0. The van der Waals surface area contributed by atoms with E-state index in [0.717, 1.165) is 0 Å². The van der Waals surface area contributed by atoms with Crippen LogP contribution < -0.4 is 113 Å². The van der Waals surface area contributed by atoms with Gasteiger partial charge in [0.05, 0.1) is 11.9 Å². The fourth-order valence-corrected chi connectivity index (χ4v) is 0.258. The van der Waals surface area contributed by atoms with Crippen LogP contribution in [0.5, 0.6) is 0 Å². The molecule has 0 aliphatic carbocycles. The van der Waals surface area contributed by atoms with Gasteiger partial charge in [-0.1, -0.05) is 0 Å². The van der Waals surface area contributed by atoms with Gasteiger partial charge in [-0.3, -0.25) is 0 Å². The van der Waals surface area contributed by atoms with Crippen molar-refractivity contribution in [3.8, 4) is 0 Å². The minimum atomic E-state index is -2.44. The average molecular weight is 262 g/mol. The number of hydrogen-bond acceptors (Lipinski definition) is 6. The summed E-state index contributed by atoms with van der Waals surface area (Å²) in [6.45, 7) is 0. The minimum Gasteiger partial charge on any atom is -0.547 e. The predicted octanol–water partition coefficient (Wildman–Crippen LogP) is -12.4. The molecule has 0 amide bonds. The molecule has 74 valence electrons. The van der Waals surface area contributed by atoms with Crippen molar-refractivity contribution in [3.63, 3.8) is 0 Å². The van der Waals surface area contributed by atoms with Crippen LogP contribution in [0.1, 0.15) is 0 Å². The minimum absolute atomic E-state index is 0. The number of carbonyl (C=O) groups is 2. The molecule has 0 fully saturated rings. The Morgan fingerprint density at radius 2 is 1.00 bits per heavy atom. The van der Waals surface area contributed by atoms with Gasteiger partial charge in [0, 0.05) is 0 Å². The third kappa shape index (κ3) is 12.1. The van der Waals surface area contributed by atoms with Crippen molar-refractivity contribution in [2.45, 2.75) is 12.2 Å². The molecule has 10 heteroatoms. The second-order valence-corrected chi connectivity index (χ2v) is 1.53. The number of carbonyl (C=O) groups excluding carboxylic acids is 2. The van der Waals surface area contributed by atoms with Crippen LogP contribution in [0.3, 0.4) is 0 Å². The number of hydrogen-bond donors (Lipinski definition) is 2. The van der Waals surface area contributed by atoms with E-state index in [0.29, 0.717) is 0 Å². The summed E-state index contributed by atoms with van der Waals surface area (Å²) in [4.78, 5) is 19.3. The maximum atomic E-state index is 9.63. The first-order valence-electron chi connectivity index (χ1n) is 2.24. The van der Waals surface area contributed by atoms with Crippen LogP contribution in [0.15, 0.2) is 0 Å². The van der Waals surface area contributed by atoms with E-state index < -0.39 is 24.1 Å². The molecular formula is C4H8K2O8. The molecule has 2 unspecified atom stereocenters. The van der Waals surface area contributed by atoms with E-state index in [2.05, 4.69) is 0 Å². The number of carboxylic acids is 2. The van der Waals surface area contributed by atoms with Gasteiger partial charge in [-0.2, -0.15) is 0 Å². The Bertz CT molecular complexity index is 143. The molecule has 2 atom stereocenters. The third-order valence-corrected chi connectivity index (χ3v) is 0.782. The second kappa shape index (κ2) is 15.1. The Kier molecular flexibility index (Phi) is 32.0. The van der Waals surface area contributed by atoms with Gasteiger partial charge in [0.15, 0.2) is 0 Å². The molecule has 8 nitrogen and oxygen atoms in total. The van der Waals surface area contributed by atoms with Gasteiger partial charge in [0.2, 0.25) is 0 Å². The van der Waals surface area contributed by atoms with Crippen molar-refractivity contribution in [1.29, 1.82) is 0 Å².